The Morgan fingerprint density at radius 3 is 2.18 bits per heavy atom. The lowest BCUT2D eigenvalue weighted by atomic mass is 10.3. The highest BCUT2D eigenvalue weighted by molar-refractivity contribution is 8.52. The Bertz CT molecular complexity index is 156. The second kappa shape index (κ2) is 2.62. The zero-order chi connectivity index (χ0) is 7.47. The third kappa shape index (κ3) is 1.35. The second-order valence-electron chi connectivity index (χ2n) is 2.99. The number of hydrogen-bond donors (Lipinski definition) is 0. The molecule has 0 radical (unpaired) electrons. The minimum Gasteiger partial charge on any atom is -0.122 e. The first-order chi connectivity index (χ1) is 5.23. The predicted octanol–water partition coefficient (Wildman–Crippen LogP) is 3.69. The van der Waals surface area contributed by atoms with Crippen molar-refractivity contribution >= 4 is 58.8 Å². The lowest BCUT2D eigenvalue weighted by Gasteiger charge is -2.52. The van der Waals surface area contributed by atoms with Gasteiger partial charge in [0.25, 0.3) is 0 Å². The summed E-state index contributed by atoms with van der Waals surface area (Å²) in [5.74, 6) is 0. The van der Waals surface area contributed by atoms with E-state index in [1.807, 2.05) is 0 Å². The van der Waals surface area contributed by atoms with Gasteiger partial charge in [-0.25, -0.2) is 0 Å². The molecule has 4 fully saturated rings. The van der Waals surface area contributed by atoms with Crippen molar-refractivity contribution in [3.63, 3.8) is 0 Å². The molecule has 62 valence electrons. The van der Waals surface area contributed by atoms with Crippen molar-refractivity contribution in [1.82, 2.24) is 0 Å². The first-order valence-electron chi connectivity index (χ1n) is 3.56. The molecule has 4 saturated heterocycles. The molecule has 4 aliphatic heterocycles. The second-order valence-corrected chi connectivity index (χ2v) is 12.4. The summed E-state index contributed by atoms with van der Waals surface area (Å²) in [4.78, 5) is 0. The maximum absolute atomic E-state index is 2.43. The minimum atomic E-state index is 0.571. The smallest absolute Gasteiger partial charge is 0.1000 e. The van der Waals surface area contributed by atoms with Gasteiger partial charge in [0.1, 0.15) is 0 Å². The molecule has 0 aromatic carbocycles. The topological polar surface area (TPSA) is 0 Å². The maximum atomic E-state index is 2.43. The van der Waals surface area contributed by atoms with Gasteiger partial charge in [0.2, 0.25) is 0 Å². The van der Waals surface area contributed by atoms with Gasteiger partial charge in [0.05, 0.1) is 16.5 Å². The van der Waals surface area contributed by atoms with E-state index in [2.05, 4.69) is 65.7 Å². The summed E-state index contributed by atoms with van der Waals surface area (Å²) in [7, 11) is 0. The van der Waals surface area contributed by atoms with E-state index >= 15 is 0 Å². The van der Waals surface area contributed by atoms with Crippen LogP contribution < -0.4 is 0 Å². The van der Waals surface area contributed by atoms with E-state index in [1.54, 1.807) is 0 Å². The molecule has 4 bridgehead atoms. The Hall–Kier alpha value is 1.75. The number of rotatable bonds is 0. The van der Waals surface area contributed by atoms with Crippen LogP contribution in [0.2, 0.25) is 0 Å². The van der Waals surface area contributed by atoms with Gasteiger partial charge in [-0.2, -0.15) is 0 Å². The third-order valence-corrected chi connectivity index (χ3v) is 10.6. The Morgan fingerprint density at radius 1 is 1.09 bits per heavy atom. The van der Waals surface area contributed by atoms with Gasteiger partial charge in [-0.3, -0.25) is 0 Å². The van der Waals surface area contributed by atoms with Gasteiger partial charge >= 0.3 is 0 Å². The molecule has 11 heavy (non-hydrogen) atoms. The summed E-state index contributed by atoms with van der Waals surface area (Å²) in [6.45, 7) is 2.43. The highest BCUT2D eigenvalue weighted by atomic mass is 32.3. The molecular weight excluding hydrogens is 232 g/mol. The maximum Gasteiger partial charge on any atom is 0.1000 e. The van der Waals surface area contributed by atoms with Crippen LogP contribution in [0.25, 0.3) is 0 Å². The summed E-state index contributed by atoms with van der Waals surface area (Å²) >= 11 is 10.9. The molecule has 4 heterocycles. The van der Waals surface area contributed by atoms with Crippen molar-refractivity contribution < 1.29 is 0 Å². The molecule has 0 amide bonds. The first kappa shape index (κ1) is 8.09. The van der Waals surface area contributed by atoms with E-state index in [4.69, 9.17) is 0 Å². The highest BCUT2D eigenvalue weighted by Crippen LogP contribution is 2.72. The molecule has 4 aliphatic rings. The van der Waals surface area contributed by atoms with Crippen molar-refractivity contribution in [2.75, 3.05) is 0 Å². The molecule has 5 heteroatoms. The molecule has 0 aromatic rings. The van der Waals surface area contributed by atoms with Crippen molar-refractivity contribution in [3.8, 4) is 0 Å². The quantitative estimate of drug-likeness (QED) is 0.631. The van der Waals surface area contributed by atoms with Gasteiger partial charge < -0.3 is 0 Å². The fourth-order valence-corrected chi connectivity index (χ4v) is 15.8. The SMILES string of the molecule is CC12CC3SC(SC(S3)S1)S2. The van der Waals surface area contributed by atoms with Crippen LogP contribution in [0.5, 0.6) is 0 Å². The van der Waals surface area contributed by atoms with Gasteiger partial charge in [-0.1, -0.05) is 0 Å². The molecule has 4 rings (SSSR count). The van der Waals surface area contributed by atoms with Crippen LogP contribution in [0, 0.1) is 0 Å². The van der Waals surface area contributed by atoms with Gasteiger partial charge in [0.15, 0.2) is 0 Å². The lowest BCUT2D eigenvalue weighted by molar-refractivity contribution is 0.820. The average molecular weight is 240 g/mol. The van der Waals surface area contributed by atoms with Crippen molar-refractivity contribution in [1.29, 1.82) is 0 Å². The van der Waals surface area contributed by atoms with E-state index in [0.717, 1.165) is 12.4 Å². The molecular formula is C6H8S5. The molecule has 0 aromatic heterocycles. The van der Waals surface area contributed by atoms with Crippen LogP contribution in [0.15, 0.2) is 0 Å². The molecule has 0 saturated carbocycles. The summed E-state index contributed by atoms with van der Waals surface area (Å²) in [5, 5.41) is 0. The molecule has 0 spiro atoms. The Labute approximate surface area is 88.2 Å². The molecule has 2 atom stereocenters. The third-order valence-electron chi connectivity index (χ3n) is 1.98. The Morgan fingerprint density at radius 2 is 1.73 bits per heavy atom. The standard InChI is InChI=1S/C6H8S5/c1-6-2-3-7-4(10-6)9-5(8-3)11-6/h3-5H,2H2,1H3. The molecule has 0 nitrogen and oxygen atoms in total. The number of thioether (sulfide) groups is 5. The van der Waals surface area contributed by atoms with Gasteiger partial charge in [0, 0.05) is 0 Å². The van der Waals surface area contributed by atoms with E-state index < -0.39 is 0 Å². The summed E-state index contributed by atoms with van der Waals surface area (Å²) in [6.07, 6.45) is 1.41. The largest absolute Gasteiger partial charge is 0.122 e. The summed E-state index contributed by atoms with van der Waals surface area (Å²) in [6, 6.07) is 0. The average Bonchev–Trinajstić information content (AvgIpc) is 1.79. The zero-order valence-corrected chi connectivity index (χ0v) is 10.1. The van der Waals surface area contributed by atoms with Gasteiger partial charge in [-0.15, -0.1) is 58.8 Å². The van der Waals surface area contributed by atoms with Crippen LogP contribution in [-0.2, 0) is 0 Å². The van der Waals surface area contributed by atoms with Crippen LogP contribution in [0.4, 0.5) is 0 Å². The summed E-state index contributed by atoms with van der Waals surface area (Å²) < 4.78 is 3.19. The van der Waals surface area contributed by atoms with Crippen LogP contribution in [0.1, 0.15) is 13.3 Å². The minimum absolute atomic E-state index is 0.571. The van der Waals surface area contributed by atoms with E-state index in [1.165, 1.54) is 6.42 Å². The van der Waals surface area contributed by atoms with Crippen LogP contribution in [0.3, 0.4) is 0 Å². The fraction of sp³-hybridized carbons (Fsp3) is 1.00. The van der Waals surface area contributed by atoms with E-state index in [-0.39, 0.29) is 0 Å². The van der Waals surface area contributed by atoms with Crippen molar-refractivity contribution in [3.05, 3.63) is 0 Å². The predicted molar refractivity (Wildman–Crippen MR) is 62.3 cm³/mol. The monoisotopic (exact) mass is 240 g/mol. The van der Waals surface area contributed by atoms with E-state index in [9.17, 15) is 0 Å². The highest BCUT2D eigenvalue weighted by Gasteiger charge is 2.51. The molecule has 2 unspecified atom stereocenters. The Balaban J connectivity index is 1.94. The van der Waals surface area contributed by atoms with E-state index in [0.29, 0.717) is 4.08 Å². The Kier molecular flexibility index (Phi) is 1.93. The molecule has 0 aliphatic carbocycles. The first-order valence-corrected chi connectivity index (χ1v) is 8.14. The van der Waals surface area contributed by atoms with Crippen molar-refractivity contribution in [2.45, 2.75) is 29.8 Å². The van der Waals surface area contributed by atoms with Crippen LogP contribution in [-0.4, -0.2) is 16.5 Å². The fourth-order valence-electron chi connectivity index (χ4n) is 1.48. The molecule has 0 N–H and O–H groups in total. The lowest BCUT2D eigenvalue weighted by Crippen LogP contribution is -2.38. The van der Waals surface area contributed by atoms with Crippen molar-refractivity contribution in [2.24, 2.45) is 0 Å². The van der Waals surface area contributed by atoms with Crippen LogP contribution >= 0.6 is 58.8 Å². The van der Waals surface area contributed by atoms with Gasteiger partial charge in [-0.05, 0) is 13.3 Å². The summed E-state index contributed by atoms with van der Waals surface area (Å²) in [5.41, 5.74) is 0. The zero-order valence-electron chi connectivity index (χ0n) is 5.98. The normalized spacial score (nSPS) is 60.3. The number of hydrogen-bond acceptors (Lipinski definition) is 5.